The summed E-state index contributed by atoms with van der Waals surface area (Å²) >= 11 is 6.41. The van der Waals surface area contributed by atoms with E-state index in [2.05, 4.69) is 4.98 Å². The molecule has 2 heterocycles. The Morgan fingerprint density at radius 1 is 1.00 bits per heavy atom. The second kappa shape index (κ2) is 5.15. The summed E-state index contributed by atoms with van der Waals surface area (Å²) < 4.78 is 5.59. The third kappa shape index (κ3) is 2.22. The molecule has 0 spiro atoms. The van der Waals surface area contributed by atoms with Crippen LogP contribution in [0.2, 0.25) is 5.15 Å². The third-order valence-corrected chi connectivity index (χ3v) is 4.42. The van der Waals surface area contributed by atoms with Gasteiger partial charge in [0.15, 0.2) is 5.82 Å². The summed E-state index contributed by atoms with van der Waals surface area (Å²) in [5, 5.41) is 1.63. The number of halogens is 1. The molecule has 0 atom stereocenters. The first kappa shape index (κ1) is 12.8. The second-order valence-corrected chi connectivity index (χ2v) is 5.83. The number of nitrogens with zero attached hydrogens (tertiary/aromatic N) is 2. The summed E-state index contributed by atoms with van der Waals surface area (Å²) in [5.74, 6) is 0.672. The van der Waals surface area contributed by atoms with Crippen LogP contribution in [-0.4, -0.2) is 9.97 Å². The normalized spacial score (nSPS) is 14.9. The number of rotatable bonds is 1. The first-order valence-corrected chi connectivity index (χ1v) is 7.72. The minimum Gasteiger partial charge on any atom is -0.464 e. The first-order valence-electron chi connectivity index (χ1n) is 7.35. The highest BCUT2D eigenvalue weighted by Crippen LogP contribution is 2.32. The summed E-state index contributed by atoms with van der Waals surface area (Å²) in [6.45, 7) is 0. The van der Waals surface area contributed by atoms with E-state index in [1.165, 1.54) is 19.3 Å². The molecule has 2 aromatic heterocycles. The molecule has 0 aliphatic heterocycles. The van der Waals surface area contributed by atoms with Crippen LogP contribution in [0.5, 0.6) is 0 Å². The Labute approximate surface area is 128 Å². The van der Waals surface area contributed by atoms with Gasteiger partial charge in [0.25, 0.3) is 0 Å². The van der Waals surface area contributed by atoms with Gasteiger partial charge in [-0.05, 0) is 31.7 Å². The summed E-state index contributed by atoms with van der Waals surface area (Å²) in [5.41, 5.74) is 4.00. The van der Waals surface area contributed by atoms with Crippen LogP contribution in [0.1, 0.15) is 30.5 Å². The highest BCUT2D eigenvalue weighted by atomic mass is 35.5. The lowest BCUT2D eigenvalue weighted by Crippen LogP contribution is -2.01. The van der Waals surface area contributed by atoms with E-state index in [9.17, 15) is 0 Å². The molecular formula is C17H15ClN2O. The zero-order valence-electron chi connectivity index (χ0n) is 11.6. The molecule has 21 heavy (non-hydrogen) atoms. The number of aromatic nitrogens is 2. The lowest BCUT2D eigenvalue weighted by molar-refractivity contribution is 0.616. The Bertz CT molecular complexity index is 810. The number of furan rings is 1. The fourth-order valence-electron chi connectivity index (χ4n) is 3.00. The number of hydrogen-bond donors (Lipinski definition) is 0. The van der Waals surface area contributed by atoms with Crippen LogP contribution in [0.4, 0.5) is 0 Å². The van der Waals surface area contributed by atoms with Crippen LogP contribution in [0.15, 0.2) is 34.9 Å². The van der Waals surface area contributed by atoms with Crippen molar-refractivity contribution < 1.29 is 4.42 Å². The van der Waals surface area contributed by atoms with Crippen molar-refractivity contribution in [3.8, 4) is 11.4 Å². The lowest BCUT2D eigenvalue weighted by atomic mass is 10.1. The number of hydrogen-bond acceptors (Lipinski definition) is 3. The molecule has 0 amide bonds. The van der Waals surface area contributed by atoms with Crippen molar-refractivity contribution in [2.45, 2.75) is 32.1 Å². The van der Waals surface area contributed by atoms with E-state index in [-0.39, 0.29) is 0 Å². The maximum absolute atomic E-state index is 6.41. The fraction of sp³-hybridized carbons (Fsp3) is 0.294. The maximum Gasteiger partial charge on any atom is 0.164 e. The van der Waals surface area contributed by atoms with Gasteiger partial charge in [0.2, 0.25) is 0 Å². The topological polar surface area (TPSA) is 38.9 Å². The molecule has 106 valence electrons. The Morgan fingerprint density at radius 2 is 1.86 bits per heavy atom. The highest BCUT2D eigenvalue weighted by molar-refractivity contribution is 6.30. The van der Waals surface area contributed by atoms with E-state index < -0.39 is 0 Å². The molecule has 1 aliphatic rings. The van der Waals surface area contributed by atoms with Crippen LogP contribution < -0.4 is 0 Å². The Kier molecular flexibility index (Phi) is 3.15. The van der Waals surface area contributed by atoms with Crippen molar-refractivity contribution in [1.29, 1.82) is 0 Å². The molecule has 0 radical (unpaired) electrons. The van der Waals surface area contributed by atoms with Gasteiger partial charge in [-0.2, -0.15) is 0 Å². The quantitative estimate of drug-likeness (QED) is 0.478. The first-order chi connectivity index (χ1) is 10.3. The van der Waals surface area contributed by atoms with Crippen molar-refractivity contribution in [2.24, 2.45) is 0 Å². The molecule has 0 unspecified atom stereocenters. The standard InChI is InChI=1S/C17H15ClN2O/c18-16-12-7-2-1-3-8-14(12)19-17(20-16)13-10-21-15-9-5-4-6-11(13)15/h4-6,9-10H,1-3,7-8H2. The van der Waals surface area contributed by atoms with E-state index in [1.54, 1.807) is 6.26 Å². The van der Waals surface area contributed by atoms with Crippen LogP contribution >= 0.6 is 11.6 Å². The van der Waals surface area contributed by atoms with Gasteiger partial charge in [0, 0.05) is 16.6 Å². The third-order valence-electron chi connectivity index (χ3n) is 4.10. The smallest absolute Gasteiger partial charge is 0.164 e. The molecule has 0 saturated heterocycles. The Hall–Kier alpha value is -1.87. The van der Waals surface area contributed by atoms with Crippen molar-refractivity contribution >= 4 is 22.6 Å². The van der Waals surface area contributed by atoms with Crippen LogP contribution in [0.3, 0.4) is 0 Å². The van der Waals surface area contributed by atoms with Gasteiger partial charge >= 0.3 is 0 Å². The summed E-state index contributed by atoms with van der Waals surface area (Å²) in [6.07, 6.45) is 7.27. The fourth-order valence-corrected chi connectivity index (χ4v) is 3.28. The number of benzene rings is 1. The molecule has 4 heteroatoms. The molecule has 3 aromatic rings. The molecule has 1 aliphatic carbocycles. The largest absolute Gasteiger partial charge is 0.464 e. The van der Waals surface area contributed by atoms with Crippen molar-refractivity contribution in [2.75, 3.05) is 0 Å². The van der Waals surface area contributed by atoms with E-state index in [0.717, 1.165) is 40.6 Å². The van der Waals surface area contributed by atoms with Gasteiger partial charge in [0.05, 0.1) is 5.56 Å². The highest BCUT2D eigenvalue weighted by Gasteiger charge is 2.18. The zero-order chi connectivity index (χ0) is 14.2. The monoisotopic (exact) mass is 298 g/mol. The molecule has 3 nitrogen and oxygen atoms in total. The predicted molar refractivity (Wildman–Crippen MR) is 83.5 cm³/mol. The van der Waals surface area contributed by atoms with E-state index in [4.69, 9.17) is 21.0 Å². The van der Waals surface area contributed by atoms with Gasteiger partial charge < -0.3 is 4.42 Å². The van der Waals surface area contributed by atoms with Crippen molar-refractivity contribution in [3.63, 3.8) is 0 Å². The molecule has 0 N–H and O–H groups in total. The minimum absolute atomic E-state index is 0.599. The van der Waals surface area contributed by atoms with Gasteiger partial charge in [-0.3, -0.25) is 0 Å². The van der Waals surface area contributed by atoms with Crippen molar-refractivity contribution in [1.82, 2.24) is 9.97 Å². The number of aryl methyl sites for hydroxylation is 1. The SMILES string of the molecule is Clc1nc(-c2coc3ccccc23)nc2c1CCCCC2. The maximum atomic E-state index is 6.41. The van der Waals surface area contributed by atoms with Crippen molar-refractivity contribution in [3.05, 3.63) is 46.9 Å². The summed E-state index contributed by atoms with van der Waals surface area (Å²) in [4.78, 5) is 9.29. The molecule has 4 rings (SSSR count). The van der Waals surface area contributed by atoms with E-state index in [0.29, 0.717) is 11.0 Å². The second-order valence-electron chi connectivity index (χ2n) is 5.47. The Balaban J connectivity index is 1.89. The molecule has 0 bridgehead atoms. The van der Waals surface area contributed by atoms with E-state index in [1.807, 2.05) is 24.3 Å². The summed E-state index contributed by atoms with van der Waals surface area (Å²) in [6, 6.07) is 7.92. The molecule has 0 saturated carbocycles. The molecule has 0 fully saturated rings. The van der Waals surface area contributed by atoms with Crippen LogP contribution in [-0.2, 0) is 12.8 Å². The van der Waals surface area contributed by atoms with E-state index >= 15 is 0 Å². The number of para-hydroxylation sites is 1. The Morgan fingerprint density at radius 3 is 2.81 bits per heavy atom. The van der Waals surface area contributed by atoms with Crippen LogP contribution in [0, 0.1) is 0 Å². The van der Waals surface area contributed by atoms with Gasteiger partial charge in [-0.1, -0.05) is 36.2 Å². The van der Waals surface area contributed by atoms with Crippen LogP contribution in [0.25, 0.3) is 22.4 Å². The lowest BCUT2D eigenvalue weighted by Gasteiger charge is -2.08. The molecule has 1 aromatic carbocycles. The zero-order valence-corrected chi connectivity index (χ0v) is 12.4. The van der Waals surface area contributed by atoms with Gasteiger partial charge in [0.1, 0.15) is 17.0 Å². The average Bonchev–Trinajstić information content (AvgIpc) is 2.78. The molecular weight excluding hydrogens is 284 g/mol. The summed E-state index contributed by atoms with van der Waals surface area (Å²) in [7, 11) is 0. The predicted octanol–water partition coefficient (Wildman–Crippen LogP) is 4.81. The average molecular weight is 299 g/mol. The minimum atomic E-state index is 0.599. The van der Waals surface area contributed by atoms with Gasteiger partial charge in [-0.15, -0.1) is 0 Å². The number of fused-ring (bicyclic) bond motifs is 2. The van der Waals surface area contributed by atoms with Gasteiger partial charge in [-0.25, -0.2) is 9.97 Å².